The summed E-state index contributed by atoms with van der Waals surface area (Å²) in [6.07, 6.45) is 6.66. The molecule has 2 N–H and O–H groups in total. The van der Waals surface area contributed by atoms with E-state index in [-0.39, 0.29) is 31.6 Å². The highest BCUT2D eigenvalue weighted by molar-refractivity contribution is 6.59. The number of rotatable bonds is 2. The van der Waals surface area contributed by atoms with E-state index < -0.39 is 0 Å². The summed E-state index contributed by atoms with van der Waals surface area (Å²) in [6, 6.07) is 4.57. The smallest absolute Gasteiger partial charge is 0.146 e. The van der Waals surface area contributed by atoms with E-state index in [1.807, 2.05) is 0 Å². The predicted molar refractivity (Wildman–Crippen MR) is 57.8 cm³/mol. The zero-order valence-electron chi connectivity index (χ0n) is 7.60. The molecular formula is C8H20AlOSi. The lowest BCUT2D eigenvalue weighted by atomic mass is 10.3. The number of hydrogen-bond acceptors (Lipinski definition) is 0. The van der Waals surface area contributed by atoms with Gasteiger partial charge in [0.25, 0.3) is 0 Å². The van der Waals surface area contributed by atoms with E-state index in [2.05, 4.69) is 12.7 Å². The Balaban J connectivity index is 0. The Kier molecular flexibility index (Phi) is 10.9. The molecule has 0 atom stereocenters. The van der Waals surface area contributed by atoms with Crippen LogP contribution in [-0.2, 0) is 0 Å². The Hall–Kier alpha value is 0.449. The Morgan fingerprint density at radius 1 is 1.18 bits per heavy atom. The standard InChI is InChI=1S/C8H16Si.Al.H2O.2H/c1-2-6-9-7-4-3-5-8-9;;;;/h2,9H,1,3-8H2;;1H2;;. The predicted octanol–water partition coefficient (Wildman–Crippen LogP) is 0.842. The first-order valence-electron chi connectivity index (χ1n) is 4.04. The summed E-state index contributed by atoms with van der Waals surface area (Å²) < 4.78 is 0. The van der Waals surface area contributed by atoms with Gasteiger partial charge < -0.3 is 5.48 Å². The van der Waals surface area contributed by atoms with Crippen LogP contribution in [0.1, 0.15) is 19.3 Å². The summed E-state index contributed by atoms with van der Waals surface area (Å²) in [6.45, 7) is 3.79. The topological polar surface area (TPSA) is 31.5 Å². The molecule has 0 aromatic rings. The van der Waals surface area contributed by atoms with Crippen molar-refractivity contribution in [2.75, 3.05) is 0 Å². The molecule has 0 aliphatic carbocycles. The minimum Gasteiger partial charge on any atom is -0.412 e. The molecule has 0 aromatic heterocycles. The molecule has 1 heterocycles. The summed E-state index contributed by atoms with van der Waals surface area (Å²) in [5.41, 5.74) is 0. The lowest BCUT2D eigenvalue weighted by Gasteiger charge is -2.17. The van der Waals surface area contributed by atoms with E-state index in [1.54, 1.807) is 12.1 Å². The average molecular weight is 187 g/mol. The van der Waals surface area contributed by atoms with Crippen LogP contribution in [0.15, 0.2) is 12.7 Å². The third-order valence-electron chi connectivity index (χ3n) is 2.22. The lowest BCUT2D eigenvalue weighted by Crippen LogP contribution is -2.14. The van der Waals surface area contributed by atoms with Crippen molar-refractivity contribution in [2.45, 2.75) is 37.4 Å². The van der Waals surface area contributed by atoms with Crippen LogP contribution in [-0.4, -0.2) is 31.6 Å². The zero-order valence-corrected chi connectivity index (χ0v) is 10.8. The van der Waals surface area contributed by atoms with Gasteiger partial charge in [0.05, 0.1) is 0 Å². The molecule has 0 amide bonds. The van der Waals surface area contributed by atoms with Gasteiger partial charge in [-0.1, -0.05) is 37.4 Å². The molecule has 0 spiro atoms. The van der Waals surface area contributed by atoms with Gasteiger partial charge >= 0.3 is 0 Å². The highest BCUT2D eigenvalue weighted by Crippen LogP contribution is 2.21. The Morgan fingerprint density at radius 2 is 1.73 bits per heavy atom. The van der Waals surface area contributed by atoms with Crippen LogP contribution in [0.3, 0.4) is 0 Å². The van der Waals surface area contributed by atoms with Gasteiger partial charge in [-0.25, -0.2) is 0 Å². The SMILES string of the molecule is C=CC[SiH]1CCCCC1.O.[AlH2]. The van der Waals surface area contributed by atoms with E-state index in [4.69, 9.17) is 0 Å². The minimum absolute atomic E-state index is 0. The molecule has 1 rings (SSSR count). The van der Waals surface area contributed by atoms with Crippen LogP contribution in [0, 0.1) is 0 Å². The first-order valence-corrected chi connectivity index (χ1v) is 6.49. The third-order valence-corrected chi connectivity index (χ3v) is 5.67. The van der Waals surface area contributed by atoms with Gasteiger partial charge in [-0.05, 0) is 6.04 Å². The van der Waals surface area contributed by atoms with Gasteiger partial charge in [-0.3, -0.25) is 0 Å². The van der Waals surface area contributed by atoms with Gasteiger partial charge in [0.1, 0.15) is 17.4 Å². The Morgan fingerprint density at radius 3 is 2.18 bits per heavy atom. The van der Waals surface area contributed by atoms with E-state index >= 15 is 0 Å². The summed E-state index contributed by atoms with van der Waals surface area (Å²) >= 11 is 0. The Labute approximate surface area is 81.9 Å². The van der Waals surface area contributed by atoms with Crippen molar-refractivity contribution < 1.29 is 5.48 Å². The van der Waals surface area contributed by atoms with E-state index in [9.17, 15) is 0 Å². The maximum atomic E-state index is 3.79. The second-order valence-corrected chi connectivity index (χ2v) is 6.39. The molecular weight excluding hydrogens is 167 g/mol. The number of allylic oxidation sites excluding steroid dienone is 1. The van der Waals surface area contributed by atoms with Crippen LogP contribution in [0.2, 0.25) is 18.1 Å². The second kappa shape index (κ2) is 8.55. The summed E-state index contributed by atoms with van der Waals surface area (Å²) in [5.74, 6) is 0. The van der Waals surface area contributed by atoms with Gasteiger partial charge in [0, 0.05) is 8.80 Å². The van der Waals surface area contributed by atoms with E-state index in [0.717, 1.165) is 0 Å². The Bertz CT molecular complexity index is 92.1. The van der Waals surface area contributed by atoms with Crippen molar-refractivity contribution in [3.63, 3.8) is 0 Å². The zero-order chi connectivity index (χ0) is 6.53. The minimum atomic E-state index is -0.244. The molecule has 65 valence electrons. The van der Waals surface area contributed by atoms with Crippen LogP contribution in [0.4, 0.5) is 0 Å². The fraction of sp³-hybridized carbons (Fsp3) is 0.750. The van der Waals surface area contributed by atoms with Gasteiger partial charge in [0.2, 0.25) is 0 Å². The van der Waals surface area contributed by atoms with Crippen molar-refractivity contribution in [2.24, 2.45) is 0 Å². The van der Waals surface area contributed by atoms with Gasteiger partial charge in [-0.15, -0.1) is 6.58 Å². The molecule has 0 aromatic carbocycles. The number of hydrogen-bond donors (Lipinski definition) is 0. The maximum Gasteiger partial charge on any atom is 0.146 e. The monoisotopic (exact) mass is 187 g/mol. The third kappa shape index (κ3) is 5.69. The molecule has 0 saturated carbocycles. The molecule has 1 fully saturated rings. The largest absolute Gasteiger partial charge is 0.412 e. The maximum absolute atomic E-state index is 3.79. The normalized spacial score (nSPS) is 17.8. The molecule has 1 aliphatic heterocycles. The van der Waals surface area contributed by atoms with E-state index in [1.165, 1.54) is 25.3 Å². The molecule has 1 aliphatic rings. The van der Waals surface area contributed by atoms with Crippen molar-refractivity contribution in [3.05, 3.63) is 12.7 Å². The van der Waals surface area contributed by atoms with Crippen molar-refractivity contribution >= 4 is 26.2 Å². The van der Waals surface area contributed by atoms with Crippen LogP contribution < -0.4 is 0 Å². The van der Waals surface area contributed by atoms with Crippen LogP contribution in [0.5, 0.6) is 0 Å². The van der Waals surface area contributed by atoms with Crippen LogP contribution in [0.25, 0.3) is 0 Å². The lowest BCUT2D eigenvalue weighted by molar-refractivity contribution is 0.722. The summed E-state index contributed by atoms with van der Waals surface area (Å²) in [7, 11) is -0.244. The molecule has 11 heavy (non-hydrogen) atoms. The molecule has 1 radical (unpaired) electrons. The molecule has 0 unspecified atom stereocenters. The van der Waals surface area contributed by atoms with Crippen molar-refractivity contribution in [1.82, 2.24) is 0 Å². The summed E-state index contributed by atoms with van der Waals surface area (Å²) in [5, 5.41) is 0. The van der Waals surface area contributed by atoms with Gasteiger partial charge in [0.15, 0.2) is 0 Å². The second-order valence-electron chi connectivity index (χ2n) is 3.03. The molecule has 1 saturated heterocycles. The highest BCUT2D eigenvalue weighted by atomic mass is 28.3. The molecule has 0 bridgehead atoms. The van der Waals surface area contributed by atoms with Crippen molar-refractivity contribution in [1.29, 1.82) is 0 Å². The van der Waals surface area contributed by atoms with E-state index in [0.29, 0.717) is 0 Å². The van der Waals surface area contributed by atoms with Crippen molar-refractivity contribution in [3.8, 4) is 0 Å². The fourth-order valence-electron chi connectivity index (χ4n) is 1.66. The van der Waals surface area contributed by atoms with Crippen LogP contribution >= 0.6 is 0 Å². The quantitative estimate of drug-likeness (QED) is 0.453. The fourth-order valence-corrected chi connectivity index (χ4v) is 4.62. The molecule has 3 heteroatoms. The first kappa shape index (κ1) is 14.0. The average Bonchev–Trinajstić information content (AvgIpc) is 1.91. The molecule has 1 nitrogen and oxygen atoms in total. The van der Waals surface area contributed by atoms with Gasteiger partial charge in [-0.2, -0.15) is 0 Å². The highest BCUT2D eigenvalue weighted by Gasteiger charge is 2.12. The summed E-state index contributed by atoms with van der Waals surface area (Å²) in [4.78, 5) is 0. The first-order chi connectivity index (χ1) is 4.43.